The number of carbonyl (C=O) groups excluding carboxylic acids is 1. The number of amides is 1. The molecule has 12 heavy (non-hydrogen) atoms. The molecule has 1 amide bonds. The molecule has 0 spiro atoms. The van der Waals surface area contributed by atoms with Gasteiger partial charge in [-0.3, -0.25) is 9.78 Å². The number of aromatic nitrogens is 1. The van der Waals surface area contributed by atoms with Crippen LogP contribution in [0.25, 0.3) is 0 Å². The lowest BCUT2D eigenvalue weighted by Crippen LogP contribution is -2.21. The predicted molar refractivity (Wildman–Crippen MR) is 43.9 cm³/mol. The van der Waals surface area contributed by atoms with Gasteiger partial charge in [0, 0.05) is 26.5 Å². The molecule has 0 aliphatic rings. The first kappa shape index (κ1) is 8.52. The molecule has 1 aromatic heterocycles. The molecule has 0 aliphatic carbocycles. The molecule has 4 nitrogen and oxygen atoms in total. The summed E-state index contributed by atoms with van der Waals surface area (Å²) in [4.78, 5) is 16.4. The standard InChI is InChI=1S/C8H10N2O2/c1-10(2)8(12)6-5-9-4-3-7(6)11/h3-5H,1-2H3,(H,9,11). The second-order valence-corrected chi connectivity index (χ2v) is 2.59. The Hall–Kier alpha value is -1.58. The molecule has 0 aliphatic heterocycles. The molecule has 0 aromatic carbocycles. The second-order valence-electron chi connectivity index (χ2n) is 2.59. The highest BCUT2D eigenvalue weighted by atomic mass is 16.3. The number of carbonyl (C=O) groups is 1. The molecule has 0 fully saturated rings. The van der Waals surface area contributed by atoms with Crippen molar-refractivity contribution >= 4 is 5.91 Å². The second kappa shape index (κ2) is 3.21. The molecule has 1 N–H and O–H groups in total. The smallest absolute Gasteiger partial charge is 0.258 e. The molecular weight excluding hydrogens is 156 g/mol. The zero-order chi connectivity index (χ0) is 9.14. The highest BCUT2D eigenvalue weighted by molar-refractivity contribution is 5.96. The summed E-state index contributed by atoms with van der Waals surface area (Å²) in [6.45, 7) is 0. The van der Waals surface area contributed by atoms with Gasteiger partial charge in [0.25, 0.3) is 5.91 Å². The Morgan fingerprint density at radius 2 is 2.25 bits per heavy atom. The summed E-state index contributed by atoms with van der Waals surface area (Å²) >= 11 is 0. The largest absolute Gasteiger partial charge is 0.507 e. The first-order chi connectivity index (χ1) is 5.63. The van der Waals surface area contributed by atoms with E-state index < -0.39 is 0 Å². The van der Waals surface area contributed by atoms with Crippen LogP contribution in [-0.2, 0) is 0 Å². The van der Waals surface area contributed by atoms with Crippen LogP contribution >= 0.6 is 0 Å². The number of nitrogens with zero attached hydrogens (tertiary/aromatic N) is 2. The van der Waals surface area contributed by atoms with Crippen LogP contribution in [0.15, 0.2) is 18.5 Å². The van der Waals surface area contributed by atoms with E-state index in [-0.39, 0.29) is 17.2 Å². The molecule has 0 radical (unpaired) electrons. The molecule has 0 bridgehead atoms. The van der Waals surface area contributed by atoms with Crippen molar-refractivity contribution in [2.75, 3.05) is 14.1 Å². The van der Waals surface area contributed by atoms with E-state index in [0.717, 1.165) is 0 Å². The van der Waals surface area contributed by atoms with Gasteiger partial charge in [-0.05, 0) is 6.07 Å². The van der Waals surface area contributed by atoms with Gasteiger partial charge in [0.15, 0.2) is 0 Å². The minimum atomic E-state index is -0.249. The average Bonchev–Trinajstić information content (AvgIpc) is 2.04. The highest BCUT2D eigenvalue weighted by Gasteiger charge is 2.11. The average molecular weight is 166 g/mol. The fourth-order valence-electron chi connectivity index (χ4n) is 0.793. The number of pyridine rings is 1. The Balaban J connectivity index is 3.03. The number of hydrogen-bond acceptors (Lipinski definition) is 3. The lowest BCUT2D eigenvalue weighted by Gasteiger charge is -2.10. The van der Waals surface area contributed by atoms with Crippen molar-refractivity contribution in [1.82, 2.24) is 9.88 Å². The van der Waals surface area contributed by atoms with Crippen molar-refractivity contribution in [3.05, 3.63) is 24.0 Å². The van der Waals surface area contributed by atoms with Crippen molar-refractivity contribution in [1.29, 1.82) is 0 Å². The van der Waals surface area contributed by atoms with Crippen molar-refractivity contribution in [2.45, 2.75) is 0 Å². The summed E-state index contributed by atoms with van der Waals surface area (Å²) in [6.07, 6.45) is 2.78. The molecule has 4 heteroatoms. The van der Waals surface area contributed by atoms with Gasteiger partial charge in [-0.1, -0.05) is 0 Å². The zero-order valence-electron chi connectivity index (χ0n) is 6.98. The SMILES string of the molecule is CN(C)C(=O)c1cnccc1O. The van der Waals surface area contributed by atoms with Gasteiger partial charge in [0.05, 0.1) is 5.56 Å². The summed E-state index contributed by atoms with van der Waals surface area (Å²) < 4.78 is 0. The van der Waals surface area contributed by atoms with Crippen molar-refractivity contribution in [2.24, 2.45) is 0 Å². The molecule has 0 saturated carbocycles. The van der Waals surface area contributed by atoms with Gasteiger partial charge >= 0.3 is 0 Å². The molecule has 1 rings (SSSR count). The minimum Gasteiger partial charge on any atom is -0.507 e. The van der Waals surface area contributed by atoms with E-state index >= 15 is 0 Å². The Kier molecular flexibility index (Phi) is 2.28. The van der Waals surface area contributed by atoms with Crippen LogP contribution in [0.5, 0.6) is 5.75 Å². The van der Waals surface area contributed by atoms with Crippen LogP contribution in [0.2, 0.25) is 0 Å². The lowest BCUT2D eigenvalue weighted by molar-refractivity contribution is 0.0824. The van der Waals surface area contributed by atoms with Crippen LogP contribution in [0, 0.1) is 0 Å². The Morgan fingerprint density at radius 1 is 1.58 bits per heavy atom. The number of aromatic hydroxyl groups is 1. The summed E-state index contributed by atoms with van der Waals surface area (Å²) in [6, 6.07) is 1.39. The fourth-order valence-corrected chi connectivity index (χ4v) is 0.793. The fraction of sp³-hybridized carbons (Fsp3) is 0.250. The van der Waals surface area contributed by atoms with Crippen molar-refractivity contribution < 1.29 is 9.90 Å². The van der Waals surface area contributed by atoms with Gasteiger partial charge in [0.1, 0.15) is 5.75 Å². The van der Waals surface area contributed by atoms with Crippen molar-refractivity contribution in [3.8, 4) is 5.75 Å². The van der Waals surface area contributed by atoms with Crippen LogP contribution < -0.4 is 0 Å². The molecule has 64 valence electrons. The number of hydrogen-bond donors (Lipinski definition) is 1. The highest BCUT2D eigenvalue weighted by Crippen LogP contribution is 2.14. The molecule has 0 atom stereocenters. The maximum Gasteiger partial charge on any atom is 0.258 e. The van der Waals surface area contributed by atoms with Gasteiger partial charge in [-0.15, -0.1) is 0 Å². The van der Waals surface area contributed by atoms with E-state index in [1.54, 1.807) is 14.1 Å². The Morgan fingerprint density at radius 3 is 2.75 bits per heavy atom. The monoisotopic (exact) mass is 166 g/mol. The van der Waals surface area contributed by atoms with E-state index in [9.17, 15) is 9.90 Å². The third-order valence-corrected chi connectivity index (χ3v) is 1.43. The van der Waals surface area contributed by atoms with E-state index in [1.807, 2.05) is 0 Å². The first-order valence-corrected chi connectivity index (χ1v) is 3.47. The molecule has 0 unspecified atom stereocenters. The molecular formula is C8H10N2O2. The normalized spacial score (nSPS) is 9.50. The lowest BCUT2D eigenvalue weighted by atomic mass is 10.2. The zero-order valence-corrected chi connectivity index (χ0v) is 6.98. The summed E-state index contributed by atoms with van der Waals surface area (Å²) in [7, 11) is 3.24. The number of rotatable bonds is 1. The summed E-state index contributed by atoms with van der Waals surface area (Å²) in [5, 5.41) is 9.24. The van der Waals surface area contributed by atoms with Gasteiger partial charge < -0.3 is 10.0 Å². The van der Waals surface area contributed by atoms with Crippen LogP contribution in [-0.4, -0.2) is 35.0 Å². The minimum absolute atomic E-state index is 0.0382. The van der Waals surface area contributed by atoms with Gasteiger partial charge in [-0.2, -0.15) is 0 Å². The maximum atomic E-state index is 11.3. The molecule has 1 heterocycles. The third kappa shape index (κ3) is 1.53. The van der Waals surface area contributed by atoms with E-state index in [4.69, 9.17) is 0 Å². The Labute approximate surface area is 70.5 Å². The van der Waals surface area contributed by atoms with Crippen molar-refractivity contribution in [3.63, 3.8) is 0 Å². The van der Waals surface area contributed by atoms with E-state index in [1.165, 1.54) is 23.4 Å². The first-order valence-electron chi connectivity index (χ1n) is 3.47. The maximum absolute atomic E-state index is 11.3. The quantitative estimate of drug-likeness (QED) is 0.660. The van der Waals surface area contributed by atoms with Crippen LogP contribution in [0.4, 0.5) is 0 Å². The topological polar surface area (TPSA) is 53.4 Å². The molecule has 1 aromatic rings. The van der Waals surface area contributed by atoms with Crippen LogP contribution in [0.3, 0.4) is 0 Å². The Bertz CT molecular complexity index is 297. The molecule has 0 saturated heterocycles. The van der Waals surface area contributed by atoms with E-state index in [0.29, 0.717) is 0 Å². The van der Waals surface area contributed by atoms with E-state index in [2.05, 4.69) is 4.98 Å². The summed E-state index contributed by atoms with van der Waals surface area (Å²) in [5.41, 5.74) is 0.225. The van der Waals surface area contributed by atoms with Gasteiger partial charge in [0.2, 0.25) is 0 Å². The summed E-state index contributed by atoms with van der Waals surface area (Å²) in [5.74, 6) is -0.288. The van der Waals surface area contributed by atoms with Crippen LogP contribution in [0.1, 0.15) is 10.4 Å². The van der Waals surface area contributed by atoms with Gasteiger partial charge in [-0.25, -0.2) is 0 Å². The third-order valence-electron chi connectivity index (χ3n) is 1.43. The predicted octanol–water partition coefficient (Wildman–Crippen LogP) is 0.489.